The van der Waals surface area contributed by atoms with Crippen molar-refractivity contribution in [1.82, 2.24) is 0 Å². The van der Waals surface area contributed by atoms with Crippen LogP contribution in [0.2, 0.25) is 0 Å². The highest BCUT2D eigenvalue weighted by Gasteiger charge is 1.88. The van der Waals surface area contributed by atoms with Crippen molar-refractivity contribution in [2.75, 3.05) is 0 Å². The van der Waals surface area contributed by atoms with E-state index in [0.29, 0.717) is 6.08 Å². The molecule has 0 aromatic carbocycles. The SMILES string of the molecule is C/C(O)=C/C(=O)F. The second kappa shape index (κ2) is 2.34. The summed E-state index contributed by atoms with van der Waals surface area (Å²) in [5.41, 5.74) is 0. The van der Waals surface area contributed by atoms with E-state index in [1.807, 2.05) is 0 Å². The van der Waals surface area contributed by atoms with E-state index in [1.54, 1.807) is 0 Å². The molecule has 0 aliphatic rings. The lowest BCUT2D eigenvalue weighted by atomic mass is 10.5. The smallest absolute Gasteiger partial charge is 0.328 e. The Bertz CT molecular complexity index is 102. The first-order valence-electron chi connectivity index (χ1n) is 1.69. The third kappa shape index (κ3) is 5.14. The molecule has 0 spiro atoms. The van der Waals surface area contributed by atoms with Crippen molar-refractivity contribution < 1.29 is 14.3 Å². The lowest BCUT2D eigenvalue weighted by Gasteiger charge is -1.78. The van der Waals surface area contributed by atoms with Gasteiger partial charge in [-0.1, -0.05) is 0 Å². The normalized spacial score (nSPS) is 11.4. The maximum atomic E-state index is 11.1. The van der Waals surface area contributed by atoms with E-state index in [-0.39, 0.29) is 5.76 Å². The average Bonchev–Trinajstić information content (AvgIpc) is 1.27. The summed E-state index contributed by atoms with van der Waals surface area (Å²) in [5, 5.41) is 8.12. The monoisotopic (exact) mass is 104 g/mol. The van der Waals surface area contributed by atoms with Gasteiger partial charge in [-0.25, -0.2) is 0 Å². The molecule has 0 aromatic heterocycles. The molecule has 2 nitrogen and oxygen atoms in total. The highest BCUT2D eigenvalue weighted by atomic mass is 19.1. The molecule has 40 valence electrons. The Morgan fingerprint density at radius 1 is 1.86 bits per heavy atom. The molecule has 0 aliphatic carbocycles. The van der Waals surface area contributed by atoms with E-state index in [4.69, 9.17) is 5.11 Å². The Balaban J connectivity index is 3.68. The van der Waals surface area contributed by atoms with E-state index in [9.17, 15) is 9.18 Å². The van der Waals surface area contributed by atoms with Crippen LogP contribution in [0.25, 0.3) is 0 Å². The molecule has 0 fully saturated rings. The molecule has 0 rings (SSSR count). The quantitative estimate of drug-likeness (QED) is 0.305. The van der Waals surface area contributed by atoms with Gasteiger partial charge in [0.1, 0.15) is 0 Å². The van der Waals surface area contributed by atoms with Crippen LogP contribution in [-0.2, 0) is 4.79 Å². The summed E-state index contributed by atoms with van der Waals surface area (Å²) in [7, 11) is 0. The first kappa shape index (κ1) is 6.14. The van der Waals surface area contributed by atoms with Gasteiger partial charge in [0, 0.05) is 0 Å². The minimum absolute atomic E-state index is 0.312. The molecular weight excluding hydrogens is 99.0 g/mol. The Labute approximate surface area is 40.3 Å². The summed E-state index contributed by atoms with van der Waals surface area (Å²) in [5.74, 6) is -0.312. The fraction of sp³-hybridized carbons (Fsp3) is 0.250. The van der Waals surface area contributed by atoms with Gasteiger partial charge in [-0.15, -0.1) is 0 Å². The maximum absolute atomic E-state index is 11.1. The maximum Gasteiger partial charge on any atom is 0.328 e. The van der Waals surface area contributed by atoms with Gasteiger partial charge in [0.15, 0.2) is 0 Å². The molecule has 0 bridgehead atoms. The van der Waals surface area contributed by atoms with E-state index >= 15 is 0 Å². The zero-order valence-corrected chi connectivity index (χ0v) is 3.81. The van der Waals surface area contributed by atoms with Crippen LogP contribution in [0, 0.1) is 0 Å². The molecule has 0 atom stereocenters. The van der Waals surface area contributed by atoms with Crippen molar-refractivity contribution in [1.29, 1.82) is 0 Å². The number of rotatable bonds is 1. The second-order valence-corrected chi connectivity index (χ2v) is 1.09. The van der Waals surface area contributed by atoms with Crippen LogP contribution in [0.4, 0.5) is 4.39 Å². The number of halogens is 1. The number of hydrogen-bond donors (Lipinski definition) is 1. The van der Waals surface area contributed by atoms with Crippen LogP contribution in [0.15, 0.2) is 11.8 Å². The molecule has 1 N–H and O–H groups in total. The number of allylic oxidation sites excluding steroid dienone is 2. The highest BCUT2D eigenvalue weighted by Crippen LogP contribution is 1.84. The van der Waals surface area contributed by atoms with E-state index in [2.05, 4.69) is 0 Å². The molecule has 0 saturated carbocycles. The fourth-order valence-electron chi connectivity index (χ4n) is 0.164. The van der Waals surface area contributed by atoms with Crippen LogP contribution in [0.3, 0.4) is 0 Å². The van der Waals surface area contributed by atoms with Gasteiger partial charge in [0.05, 0.1) is 11.8 Å². The molecular formula is C4H5FO2. The molecule has 7 heavy (non-hydrogen) atoms. The molecule has 0 unspecified atom stereocenters. The Morgan fingerprint density at radius 3 is 2.29 bits per heavy atom. The summed E-state index contributed by atoms with van der Waals surface area (Å²) < 4.78 is 11.1. The number of hydrogen-bond acceptors (Lipinski definition) is 2. The van der Waals surface area contributed by atoms with Crippen molar-refractivity contribution in [3.8, 4) is 0 Å². The van der Waals surface area contributed by atoms with Gasteiger partial charge in [0.25, 0.3) is 0 Å². The van der Waals surface area contributed by atoms with Crippen LogP contribution in [0.5, 0.6) is 0 Å². The number of carbonyl (C=O) groups is 1. The topological polar surface area (TPSA) is 37.3 Å². The summed E-state index contributed by atoms with van der Waals surface area (Å²) in [6.45, 7) is 1.22. The lowest BCUT2D eigenvalue weighted by Crippen LogP contribution is -1.80. The third-order valence-corrected chi connectivity index (χ3v) is 0.322. The molecule has 0 saturated heterocycles. The predicted molar refractivity (Wildman–Crippen MR) is 22.5 cm³/mol. The first-order chi connectivity index (χ1) is 3.13. The molecule has 0 aliphatic heterocycles. The Hall–Kier alpha value is -0.860. The summed E-state index contributed by atoms with van der Waals surface area (Å²) >= 11 is 0. The van der Waals surface area contributed by atoms with Crippen LogP contribution >= 0.6 is 0 Å². The van der Waals surface area contributed by atoms with Gasteiger partial charge in [-0.3, -0.25) is 4.79 Å². The van der Waals surface area contributed by atoms with Crippen LogP contribution in [0.1, 0.15) is 6.92 Å². The molecule has 0 aromatic rings. The minimum Gasteiger partial charge on any atom is -0.512 e. The highest BCUT2D eigenvalue weighted by molar-refractivity contribution is 5.80. The first-order valence-corrected chi connectivity index (χ1v) is 1.69. The zero-order valence-electron chi connectivity index (χ0n) is 3.81. The van der Waals surface area contributed by atoms with E-state index in [0.717, 1.165) is 0 Å². The predicted octanol–water partition coefficient (Wildman–Crippen LogP) is 0.944. The zero-order chi connectivity index (χ0) is 5.86. The van der Waals surface area contributed by atoms with Crippen molar-refractivity contribution in [3.05, 3.63) is 11.8 Å². The fourth-order valence-corrected chi connectivity index (χ4v) is 0.164. The Morgan fingerprint density at radius 2 is 2.29 bits per heavy atom. The Kier molecular flexibility index (Phi) is 2.05. The van der Waals surface area contributed by atoms with E-state index in [1.165, 1.54) is 6.92 Å². The van der Waals surface area contributed by atoms with Gasteiger partial charge < -0.3 is 5.11 Å². The standard InChI is InChI=1S/C4H5FO2/c1-3(6)2-4(5)7/h2,6H,1H3/b3-2-. The minimum atomic E-state index is -1.62. The number of carbonyl (C=O) groups excluding carboxylic acids is 1. The van der Waals surface area contributed by atoms with Crippen LogP contribution in [-0.4, -0.2) is 11.1 Å². The van der Waals surface area contributed by atoms with Gasteiger partial charge >= 0.3 is 6.04 Å². The van der Waals surface area contributed by atoms with Gasteiger partial charge in [-0.05, 0) is 6.92 Å². The van der Waals surface area contributed by atoms with Crippen molar-refractivity contribution in [2.45, 2.75) is 6.92 Å². The van der Waals surface area contributed by atoms with Crippen LogP contribution < -0.4 is 0 Å². The van der Waals surface area contributed by atoms with Gasteiger partial charge in [0.2, 0.25) is 0 Å². The third-order valence-electron chi connectivity index (χ3n) is 0.322. The van der Waals surface area contributed by atoms with Crippen molar-refractivity contribution >= 4 is 6.04 Å². The molecule has 0 radical (unpaired) electrons. The van der Waals surface area contributed by atoms with Gasteiger partial charge in [-0.2, -0.15) is 4.39 Å². The van der Waals surface area contributed by atoms with Crippen molar-refractivity contribution in [2.24, 2.45) is 0 Å². The molecule has 0 amide bonds. The summed E-state index contributed by atoms with van der Waals surface area (Å²) in [4.78, 5) is 9.35. The second-order valence-electron chi connectivity index (χ2n) is 1.09. The van der Waals surface area contributed by atoms with Crippen molar-refractivity contribution in [3.63, 3.8) is 0 Å². The lowest BCUT2D eigenvalue weighted by molar-refractivity contribution is -0.124. The largest absolute Gasteiger partial charge is 0.512 e. The van der Waals surface area contributed by atoms with E-state index < -0.39 is 6.04 Å². The summed E-state index contributed by atoms with van der Waals surface area (Å²) in [6.07, 6.45) is 0.500. The molecule has 0 heterocycles. The number of aliphatic hydroxyl groups excluding tert-OH is 1. The average molecular weight is 104 g/mol. The number of aliphatic hydroxyl groups is 1. The summed E-state index contributed by atoms with van der Waals surface area (Å²) in [6, 6.07) is -1.62. The molecule has 3 heteroatoms.